The molecule has 24 heavy (non-hydrogen) atoms. The number of carbonyl (C=O) groups is 1. The van der Waals surface area contributed by atoms with Crippen LogP contribution in [0.25, 0.3) is 5.69 Å². The van der Waals surface area contributed by atoms with Gasteiger partial charge in [0.15, 0.2) is 0 Å². The monoisotopic (exact) mass is 319 g/mol. The van der Waals surface area contributed by atoms with Gasteiger partial charge in [-0.2, -0.15) is 0 Å². The van der Waals surface area contributed by atoms with E-state index in [0.29, 0.717) is 6.54 Å². The molecular weight excluding hydrogens is 298 g/mol. The van der Waals surface area contributed by atoms with Gasteiger partial charge in [-0.3, -0.25) is 9.78 Å². The lowest BCUT2D eigenvalue weighted by molar-refractivity contribution is 0.0784. The van der Waals surface area contributed by atoms with E-state index in [4.69, 9.17) is 0 Å². The Morgan fingerprint density at radius 3 is 2.54 bits per heavy atom. The molecule has 122 valence electrons. The van der Waals surface area contributed by atoms with Crippen LogP contribution in [0.5, 0.6) is 0 Å². The summed E-state index contributed by atoms with van der Waals surface area (Å²) in [5, 5.41) is 0. The van der Waals surface area contributed by atoms with E-state index in [-0.39, 0.29) is 5.91 Å². The SMILES string of the molecule is Cc1cc(C(=O)N(C)Cc2cccnc2)c(C)n1-c1ccccc1. The number of carbonyl (C=O) groups excluding carboxylic acids is 1. The number of aromatic nitrogens is 2. The van der Waals surface area contributed by atoms with Crippen molar-refractivity contribution in [1.29, 1.82) is 0 Å². The Labute approximate surface area is 142 Å². The van der Waals surface area contributed by atoms with Gasteiger partial charge >= 0.3 is 0 Å². The van der Waals surface area contributed by atoms with Gasteiger partial charge in [-0.25, -0.2) is 0 Å². The number of pyridine rings is 1. The summed E-state index contributed by atoms with van der Waals surface area (Å²) in [7, 11) is 1.82. The zero-order valence-corrected chi connectivity index (χ0v) is 14.2. The van der Waals surface area contributed by atoms with E-state index >= 15 is 0 Å². The molecule has 2 aromatic heterocycles. The molecule has 1 amide bonds. The maximum absolute atomic E-state index is 12.9. The second-order valence-electron chi connectivity index (χ2n) is 5.98. The van der Waals surface area contributed by atoms with Gasteiger partial charge < -0.3 is 9.47 Å². The van der Waals surface area contributed by atoms with Gasteiger partial charge in [0.2, 0.25) is 0 Å². The molecule has 0 aliphatic heterocycles. The molecule has 2 heterocycles. The van der Waals surface area contributed by atoms with E-state index in [9.17, 15) is 4.79 Å². The number of para-hydroxylation sites is 1. The average Bonchev–Trinajstić information content (AvgIpc) is 2.90. The molecule has 3 aromatic rings. The van der Waals surface area contributed by atoms with Crippen LogP contribution in [-0.4, -0.2) is 27.4 Å². The largest absolute Gasteiger partial charge is 0.337 e. The molecule has 0 spiro atoms. The predicted octanol–water partition coefficient (Wildman–Crippen LogP) is 3.76. The standard InChI is InChI=1S/C20H21N3O/c1-15-12-19(16(2)23(15)18-9-5-4-6-10-18)20(24)22(3)14-17-8-7-11-21-13-17/h4-13H,14H2,1-3H3. The summed E-state index contributed by atoms with van der Waals surface area (Å²) in [6.07, 6.45) is 3.52. The molecule has 0 fully saturated rings. The van der Waals surface area contributed by atoms with Crippen molar-refractivity contribution in [2.45, 2.75) is 20.4 Å². The summed E-state index contributed by atoms with van der Waals surface area (Å²) in [6, 6.07) is 15.9. The van der Waals surface area contributed by atoms with Crippen LogP contribution < -0.4 is 0 Å². The summed E-state index contributed by atoms with van der Waals surface area (Å²) in [5.41, 5.74) is 4.84. The van der Waals surface area contributed by atoms with Gasteiger partial charge in [-0.15, -0.1) is 0 Å². The Bertz CT molecular complexity index is 838. The van der Waals surface area contributed by atoms with Crippen LogP contribution in [0, 0.1) is 13.8 Å². The van der Waals surface area contributed by atoms with Crippen molar-refractivity contribution >= 4 is 5.91 Å². The van der Waals surface area contributed by atoms with E-state index in [1.165, 1.54) is 0 Å². The minimum absolute atomic E-state index is 0.0223. The van der Waals surface area contributed by atoms with Crippen LogP contribution in [0.3, 0.4) is 0 Å². The summed E-state index contributed by atoms with van der Waals surface area (Å²) in [4.78, 5) is 18.7. The molecule has 1 aromatic carbocycles. The topological polar surface area (TPSA) is 38.1 Å². The fourth-order valence-corrected chi connectivity index (χ4v) is 3.00. The van der Waals surface area contributed by atoms with Gasteiger partial charge in [-0.05, 0) is 43.7 Å². The third kappa shape index (κ3) is 3.08. The number of hydrogen-bond acceptors (Lipinski definition) is 2. The Balaban J connectivity index is 1.88. The van der Waals surface area contributed by atoms with Crippen molar-refractivity contribution < 1.29 is 4.79 Å². The fraction of sp³-hybridized carbons (Fsp3) is 0.200. The summed E-state index contributed by atoms with van der Waals surface area (Å²) >= 11 is 0. The zero-order valence-electron chi connectivity index (χ0n) is 14.2. The van der Waals surface area contributed by atoms with E-state index in [2.05, 4.69) is 9.55 Å². The maximum atomic E-state index is 12.9. The molecule has 0 aliphatic carbocycles. The molecule has 0 aliphatic rings. The second kappa shape index (κ2) is 6.71. The van der Waals surface area contributed by atoms with Crippen LogP contribution in [0.2, 0.25) is 0 Å². The average molecular weight is 319 g/mol. The highest BCUT2D eigenvalue weighted by Gasteiger charge is 2.19. The second-order valence-corrected chi connectivity index (χ2v) is 5.98. The van der Waals surface area contributed by atoms with Crippen molar-refractivity contribution in [3.63, 3.8) is 0 Å². The minimum atomic E-state index is 0.0223. The third-order valence-electron chi connectivity index (χ3n) is 4.17. The fourth-order valence-electron chi connectivity index (χ4n) is 3.00. The predicted molar refractivity (Wildman–Crippen MR) is 95.3 cm³/mol. The molecule has 0 N–H and O–H groups in total. The molecule has 4 heteroatoms. The van der Waals surface area contributed by atoms with Crippen LogP contribution in [-0.2, 0) is 6.54 Å². The lowest BCUT2D eigenvalue weighted by atomic mass is 10.2. The molecule has 0 atom stereocenters. The molecular formula is C20H21N3O. The Hall–Kier alpha value is -2.88. The normalized spacial score (nSPS) is 10.6. The van der Waals surface area contributed by atoms with Gasteiger partial charge in [0.1, 0.15) is 0 Å². The maximum Gasteiger partial charge on any atom is 0.255 e. The first-order valence-electron chi connectivity index (χ1n) is 7.96. The van der Waals surface area contributed by atoms with Crippen molar-refractivity contribution in [2.24, 2.45) is 0 Å². The Morgan fingerprint density at radius 1 is 1.12 bits per heavy atom. The third-order valence-corrected chi connectivity index (χ3v) is 4.17. The van der Waals surface area contributed by atoms with E-state index in [1.807, 2.05) is 69.4 Å². The highest BCUT2D eigenvalue weighted by atomic mass is 16.2. The highest BCUT2D eigenvalue weighted by molar-refractivity contribution is 5.95. The van der Waals surface area contributed by atoms with Crippen LogP contribution in [0.15, 0.2) is 60.9 Å². The van der Waals surface area contributed by atoms with Crippen LogP contribution in [0.1, 0.15) is 27.3 Å². The number of rotatable bonds is 4. The lowest BCUT2D eigenvalue weighted by Crippen LogP contribution is -2.26. The number of hydrogen-bond donors (Lipinski definition) is 0. The van der Waals surface area contributed by atoms with Gasteiger partial charge in [0, 0.05) is 43.1 Å². The minimum Gasteiger partial charge on any atom is -0.337 e. The summed E-state index contributed by atoms with van der Waals surface area (Å²) in [5.74, 6) is 0.0223. The van der Waals surface area contributed by atoms with Crippen molar-refractivity contribution in [2.75, 3.05) is 7.05 Å². The molecule has 4 nitrogen and oxygen atoms in total. The smallest absolute Gasteiger partial charge is 0.255 e. The van der Waals surface area contributed by atoms with Gasteiger partial charge in [0.25, 0.3) is 5.91 Å². The Kier molecular flexibility index (Phi) is 4.47. The van der Waals surface area contributed by atoms with E-state index in [0.717, 1.165) is 28.2 Å². The zero-order chi connectivity index (χ0) is 17.1. The molecule has 3 rings (SSSR count). The molecule has 0 saturated heterocycles. The highest BCUT2D eigenvalue weighted by Crippen LogP contribution is 2.22. The van der Waals surface area contributed by atoms with Crippen LogP contribution in [0.4, 0.5) is 0 Å². The van der Waals surface area contributed by atoms with Gasteiger partial charge in [-0.1, -0.05) is 24.3 Å². The number of nitrogens with zero attached hydrogens (tertiary/aromatic N) is 3. The summed E-state index contributed by atoms with van der Waals surface area (Å²) < 4.78 is 2.12. The quantitative estimate of drug-likeness (QED) is 0.734. The first-order chi connectivity index (χ1) is 11.6. The first-order valence-corrected chi connectivity index (χ1v) is 7.96. The number of amides is 1. The van der Waals surface area contributed by atoms with Crippen molar-refractivity contribution in [3.05, 3.63) is 83.4 Å². The van der Waals surface area contributed by atoms with Crippen molar-refractivity contribution in [3.8, 4) is 5.69 Å². The molecule has 0 saturated carbocycles. The van der Waals surface area contributed by atoms with Crippen LogP contribution >= 0.6 is 0 Å². The lowest BCUT2D eigenvalue weighted by Gasteiger charge is -2.17. The van der Waals surface area contributed by atoms with E-state index in [1.54, 1.807) is 17.3 Å². The molecule has 0 bridgehead atoms. The first kappa shape index (κ1) is 16.0. The number of aryl methyl sites for hydroxylation is 1. The molecule has 0 unspecified atom stereocenters. The Morgan fingerprint density at radius 2 is 1.88 bits per heavy atom. The molecule has 0 radical (unpaired) electrons. The summed E-state index contributed by atoms with van der Waals surface area (Å²) in [6.45, 7) is 4.56. The van der Waals surface area contributed by atoms with E-state index < -0.39 is 0 Å². The van der Waals surface area contributed by atoms with Gasteiger partial charge in [0.05, 0.1) is 5.56 Å². The number of benzene rings is 1. The van der Waals surface area contributed by atoms with Crippen molar-refractivity contribution in [1.82, 2.24) is 14.5 Å².